The van der Waals surface area contributed by atoms with Gasteiger partial charge in [0, 0.05) is 18.1 Å². The van der Waals surface area contributed by atoms with E-state index in [0.717, 1.165) is 0 Å². The molecular formula is C18H19ClN2O4. The van der Waals surface area contributed by atoms with Crippen molar-refractivity contribution in [1.29, 1.82) is 5.26 Å². The molecule has 1 heterocycles. The Labute approximate surface area is 151 Å². The molecule has 0 N–H and O–H groups in total. The molecule has 0 aliphatic carbocycles. The molecule has 2 rings (SSSR count). The highest BCUT2D eigenvalue weighted by Crippen LogP contribution is 2.14. The number of carbonyl (C=O) groups is 2. The van der Waals surface area contributed by atoms with Gasteiger partial charge in [-0.05, 0) is 37.6 Å². The van der Waals surface area contributed by atoms with E-state index in [2.05, 4.69) is 0 Å². The lowest BCUT2D eigenvalue weighted by Gasteiger charge is -2.35. The normalized spacial score (nSPS) is 20.7. The Bertz CT molecular complexity index is 699. The zero-order valence-electron chi connectivity index (χ0n) is 14.1. The molecule has 6 nitrogen and oxygen atoms in total. The van der Waals surface area contributed by atoms with Crippen LogP contribution >= 0.6 is 11.6 Å². The smallest absolute Gasteiger partial charge is 0.349 e. The lowest BCUT2D eigenvalue weighted by Crippen LogP contribution is -2.49. The van der Waals surface area contributed by atoms with Crippen LogP contribution in [0.2, 0.25) is 5.02 Å². The van der Waals surface area contributed by atoms with Crippen molar-refractivity contribution in [2.24, 2.45) is 0 Å². The number of hydrogen-bond donors (Lipinski definition) is 0. The van der Waals surface area contributed by atoms with E-state index < -0.39 is 12.6 Å². The molecule has 0 bridgehead atoms. The van der Waals surface area contributed by atoms with Gasteiger partial charge in [-0.2, -0.15) is 5.26 Å². The Kier molecular flexibility index (Phi) is 6.57. The van der Waals surface area contributed by atoms with Gasteiger partial charge in [0.25, 0.3) is 5.91 Å². The third kappa shape index (κ3) is 5.59. The molecule has 1 saturated heterocycles. The lowest BCUT2D eigenvalue weighted by molar-refractivity contribution is -0.154. The van der Waals surface area contributed by atoms with E-state index >= 15 is 0 Å². The van der Waals surface area contributed by atoms with Gasteiger partial charge >= 0.3 is 5.97 Å². The van der Waals surface area contributed by atoms with Crippen molar-refractivity contribution in [2.75, 3.05) is 19.7 Å². The van der Waals surface area contributed by atoms with E-state index in [-0.39, 0.29) is 23.7 Å². The van der Waals surface area contributed by atoms with Crippen LogP contribution < -0.4 is 0 Å². The first-order valence-corrected chi connectivity index (χ1v) is 8.24. The number of amides is 1. The third-order valence-corrected chi connectivity index (χ3v) is 3.87. The zero-order valence-corrected chi connectivity index (χ0v) is 14.8. The zero-order chi connectivity index (χ0) is 18.4. The van der Waals surface area contributed by atoms with Crippen LogP contribution in [-0.4, -0.2) is 48.7 Å². The van der Waals surface area contributed by atoms with Gasteiger partial charge in [-0.25, -0.2) is 4.79 Å². The van der Waals surface area contributed by atoms with Crippen LogP contribution in [0.15, 0.2) is 29.8 Å². The largest absolute Gasteiger partial charge is 0.451 e. The van der Waals surface area contributed by atoms with Crippen LogP contribution in [-0.2, 0) is 19.1 Å². The van der Waals surface area contributed by atoms with Crippen molar-refractivity contribution in [3.05, 3.63) is 40.4 Å². The minimum atomic E-state index is -0.833. The summed E-state index contributed by atoms with van der Waals surface area (Å²) >= 11 is 5.80. The number of nitrogens with zero attached hydrogens (tertiary/aromatic N) is 2. The molecule has 7 heteroatoms. The number of rotatable bonds is 4. The van der Waals surface area contributed by atoms with E-state index in [0.29, 0.717) is 23.7 Å². The van der Waals surface area contributed by atoms with Crippen molar-refractivity contribution in [1.82, 2.24) is 4.90 Å². The predicted octanol–water partition coefficient (Wildman–Crippen LogP) is 2.43. The highest BCUT2D eigenvalue weighted by atomic mass is 35.5. The molecule has 132 valence electrons. The molecule has 25 heavy (non-hydrogen) atoms. The van der Waals surface area contributed by atoms with Gasteiger partial charge in [-0.1, -0.05) is 23.7 Å². The Morgan fingerprint density at radius 3 is 2.48 bits per heavy atom. The quantitative estimate of drug-likeness (QED) is 0.467. The summed E-state index contributed by atoms with van der Waals surface area (Å²) in [5, 5.41) is 9.69. The van der Waals surface area contributed by atoms with E-state index in [9.17, 15) is 9.59 Å². The van der Waals surface area contributed by atoms with E-state index in [1.54, 1.807) is 35.2 Å². The first-order valence-electron chi connectivity index (χ1n) is 7.86. The fourth-order valence-electron chi connectivity index (χ4n) is 2.54. The summed E-state index contributed by atoms with van der Waals surface area (Å²) in [5.74, 6) is -1.14. The number of carbonyl (C=O) groups excluding carboxylic acids is 2. The van der Waals surface area contributed by atoms with Crippen molar-refractivity contribution >= 4 is 29.6 Å². The molecule has 2 atom stereocenters. The number of benzene rings is 1. The minimum absolute atomic E-state index is 0.0668. The second-order valence-corrected chi connectivity index (χ2v) is 6.29. The fourth-order valence-corrected chi connectivity index (χ4v) is 2.67. The monoisotopic (exact) mass is 362 g/mol. The average molecular weight is 363 g/mol. The highest BCUT2D eigenvalue weighted by molar-refractivity contribution is 6.30. The summed E-state index contributed by atoms with van der Waals surface area (Å²) in [6.07, 6.45) is 1.26. The van der Waals surface area contributed by atoms with E-state index in [1.165, 1.54) is 6.08 Å². The highest BCUT2D eigenvalue weighted by Gasteiger charge is 2.26. The number of nitriles is 1. The minimum Gasteiger partial charge on any atom is -0.451 e. The molecule has 1 aliphatic rings. The molecule has 0 unspecified atom stereocenters. The maximum absolute atomic E-state index is 12.2. The number of hydrogen-bond acceptors (Lipinski definition) is 5. The van der Waals surface area contributed by atoms with Gasteiger partial charge < -0.3 is 14.4 Å². The summed E-state index contributed by atoms with van der Waals surface area (Å²) in [5.41, 5.74) is 0.457. The van der Waals surface area contributed by atoms with Crippen LogP contribution in [0.5, 0.6) is 0 Å². The summed E-state index contributed by atoms with van der Waals surface area (Å²) in [6, 6.07) is 8.44. The second-order valence-electron chi connectivity index (χ2n) is 5.85. The van der Waals surface area contributed by atoms with E-state index in [1.807, 2.05) is 13.8 Å². The Balaban J connectivity index is 1.94. The number of esters is 1. The Hall–Kier alpha value is -2.36. The van der Waals surface area contributed by atoms with Gasteiger partial charge in [-0.15, -0.1) is 0 Å². The van der Waals surface area contributed by atoms with Crippen LogP contribution in [0.4, 0.5) is 0 Å². The lowest BCUT2D eigenvalue weighted by atomic mass is 10.1. The van der Waals surface area contributed by atoms with Crippen LogP contribution in [0.1, 0.15) is 19.4 Å². The SMILES string of the molecule is C[C@@H]1CN(C(=O)COC(=O)/C(C#N)=C/c2ccc(Cl)cc2)C[C@H](C)O1. The van der Waals surface area contributed by atoms with Gasteiger partial charge in [-0.3, -0.25) is 4.79 Å². The summed E-state index contributed by atoms with van der Waals surface area (Å²) in [6.45, 7) is 4.26. The van der Waals surface area contributed by atoms with E-state index in [4.69, 9.17) is 26.3 Å². The number of ether oxygens (including phenoxy) is 2. The summed E-state index contributed by atoms with van der Waals surface area (Å²) in [4.78, 5) is 25.8. The number of halogens is 1. The van der Waals surface area contributed by atoms with Crippen molar-refractivity contribution in [2.45, 2.75) is 26.1 Å². The fraction of sp³-hybridized carbons (Fsp3) is 0.389. The van der Waals surface area contributed by atoms with Crippen LogP contribution in [0, 0.1) is 11.3 Å². The van der Waals surface area contributed by atoms with Crippen molar-refractivity contribution in [3.8, 4) is 6.07 Å². The van der Waals surface area contributed by atoms with Crippen LogP contribution in [0.3, 0.4) is 0 Å². The maximum Gasteiger partial charge on any atom is 0.349 e. The molecule has 1 aromatic carbocycles. The predicted molar refractivity (Wildman–Crippen MR) is 92.6 cm³/mol. The molecule has 1 amide bonds. The standard InChI is InChI=1S/C18H19ClN2O4/c1-12-9-21(10-13(2)25-12)17(22)11-24-18(23)15(8-20)7-14-3-5-16(19)6-4-14/h3-7,12-13H,9-11H2,1-2H3/b15-7+/t12-,13+. The van der Waals surface area contributed by atoms with Gasteiger partial charge in [0.05, 0.1) is 12.2 Å². The first kappa shape index (κ1) is 19.0. The van der Waals surface area contributed by atoms with Gasteiger partial charge in [0.2, 0.25) is 0 Å². The second kappa shape index (κ2) is 8.65. The van der Waals surface area contributed by atoms with Crippen molar-refractivity contribution in [3.63, 3.8) is 0 Å². The third-order valence-electron chi connectivity index (χ3n) is 3.62. The van der Waals surface area contributed by atoms with Crippen LogP contribution in [0.25, 0.3) is 6.08 Å². The summed E-state index contributed by atoms with van der Waals surface area (Å²) in [7, 11) is 0. The van der Waals surface area contributed by atoms with Gasteiger partial charge in [0.1, 0.15) is 11.6 Å². The molecule has 1 aromatic rings. The molecule has 0 spiro atoms. The molecular weight excluding hydrogens is 344 g/mol. The molecule has 0 radical (unpaired) electrons. The Morgan fingerprint density at radius 1 is 1.32 bits per heavy atom. The molecule has 1 fully saturated rings. The Morgan fingerprint density at radius 2 is 1.92 bits per heavy atom. The molecule has 1 aliphatic heterocycles. The molecule has 0 saturated carbocycles. The van der Waals surface area contributed by atoms with Crippen molar-refractivity contribution < 1.29 is 19.1 Å². The number of morpholine rings is 1. The van der Waals surface area contributed by atoms with Gasteiger partial charge in [0.15, 0.2) is 6.61 Å². The average Bonchev–Trinajstić information content (AvgIpc) is 2.58. The maximum atomic E-state index is 12.2. The summed E-state index contributed by atoms with van der Waals surface area (Å²) < 4.78 is 10.5. The topological polar surface area (TPSA) is 79.6 Å². The molecule has 0 aromatic heterocycles. The first-order chi connectivity index (χ1) is 11.9.